The fraction of sp³-hybridized carbons (Fsp3) is 0.316. The first kappa shape index (κ1) is 17.4. The molecule has 0 amide bonds. The first-order chi connectivity index (χ1) is 11.9. The molecule has 0 fully saturated rings. The Morgan fingerprint density at radius 2 is 2.08 bits per heavy atom. The van der Waals surface area contributed by atoms with Gasteiger partial charge in [0.25, 0.3) is 5.56 Å². The van der Waals surface area contributed by atoms with Gasteiger partial charge in [-0.05, 0) is 44.0 Å². The number of hydrogen-bond donors (Lipinski definition) is 0. The molecular formula is C19H20N2O3S. The quantitative estimate of drug-likeness (QED) is 0.699. The first-order valence-corrected chi connectivity index (χ1v) is 8.87. The van der Waals surface area contributed by atoms with Gasteiger partial charge in [-0.3, -0.25) is 14.2 Å². The minimum absolute atomic E-state index is 0.0551. The Balaban J connectivity index is 2.19. The Morgan fingerprint density at radius 3 is 2.72 bits per heavy atom. The number of ether oxygens (including phenoxy) is 1. The largest absolute Gasteiger partial charge is 0.496 e. The van der Waals surface area contributed by atoms with Crippen molar-refractivity contribution < 1.29 is 9.53 Å². The number of fused-ring (bicyclic) bond motifs is 1. The minimum Gasteiger partial charge on any atom is -0.496 e. The second kappa shape index (κ2) is 6.80. The van der Waals surface area contributed by atoms with Gasteiger partial charge in [-0.1, -0.05) is 6.07 Å². The summed E-state index contributed by atoms with van der Waals surface area (Å²) in [5.41, 5.74) is 2.81. The summed E-state index contributed by atoms with van der Waals surface area (Å²) in [5.74, 6) is 0.873. The molecule has 0 radical (unpaired) electrons. The van der Waals surface area contributed by atoms with Crippen molar-refractivity contribution in [3.05, 3.63) is 45.3 Å². The van der Waals surface area contributed by atoms with Crippen LogP contribution >= 0.6 is 11.3 Å². The third-order valence-electron chi connectivity index (χ3n) is 4.24. The maximum atomic E-state index is 13.0. The lowest BCUT2D eigenvalue weighted by molar-refractivity contribution is -0.117. The summed E-state index contributed by atoms with van der Waals surface area (Å²) in [6, 6.07) is 5.91. The van der Waals surface area contributed by atoms with Crippen LogP contribution in [-0.4, -0.2) is 22.4 Å². The van der Waals surface area contributed by atoms with E-state index in [0.717, 1.165) is 32.1 Å². The van der Waals surface area contributed by atoms with Crippen LogP contribution in [0.25, 0.3) is 21.3 Å². The number of hydrogen-bond acceptors (Lipinski definition) is 5. The van der Waals surface area contributed by atoms with Gasteiger partial charge in [0.05, 0.1) is 18.8 Å². The molecule has 0 spiro atoms. The van der Waals surface area contributed by atoms with Gasteiger partial charge in [0.15, 0.2) is 0 Å². The molecule has 6 heteroatoms. The summed E-state index contributed by atoms with van der Waals surface area (Å²) < 4.78 is 6.85. The van der Waals surface area contributed by atoms with E-state index in [4.69, 9.17) is 4.74 Å². The molecule has 0 unspecified atom stereocenters. The standard InChI is InChI=1S/C19H20N2O3S/c1-11-9-14(5-6-15(11)24-4)16-13(3)25-18-17(16)19(23)21(10-20-18)8-7-12(2)22/h5-6,9-10H,7-8H2,1-4H3. The molecule has 2 heterocycles. The molecule has 0 bridgehead atoms. The summed E-state index contributed by atoms with van der Waals surface area (Å²) in [5, 5.41) is 0.623. The molecule has 2 aromatic heterocycles. The number of carbonyl (C=O) groups excluding carboxylic acids is 1. The zero-order chi connectivity index (χ0) is 18.1. The van der Waals surface area contributed by atoms with Crippen LogP contribution in [0.2, 0.25) is 0 Å². The highest BCUT2D eigenvalue weighted by molar-refractivity contribution is 7.19. The number of benzene rings is 1. The van der Waals surface area contributed by atoms with E-state index in [9.17, 15) is 9.59 Å². The highest BCUT2D eigenvalue weighted by Crippen LogP contribution is 2.37. The van der Waals surface area contributed by atoms with Gasteiger partial charge in [-0.15, -0.1) is 11.3 Å². The lowest BCUT2D eigenvalue weighted by Gasteiger charge is -2.09. The number of aryl methyl sites for hydroxylation is 3. The highest BCUT2D eigenvalue weighted by atomic mass is 32.1. The summed E-state index contributed by atoms with van der Waals surface area (Å²) in [4.78, 5) is 30.4. The van der Waals surface area contributed by atoms with Gasteiger partial charge in [0.2, 0.25) is 0 Å². The Kier molecular flexibility index (Phi) is 4.72. The Morgan fingerprint density at radius 1 is 1.32 bits per heavy atom. The molecule has 5 nitrogen and oxygen atoms in total. The first-order valence-electron chi connectivity index (χ1n) is 8.05. The molecule has 3 aromatic rings. The fourth-order valence-electron chi connectivity index (χ4n) is 2.96. The molecule has 0 N–H and O–H groups in total. The maximum absolute atomic E-state index is 13.0. The van der Waals surface area contributed by atoms with E-state index in [0.29, 0.717) is 18.4 Å². The van der Waals surface area contributed by atoms with Crippen LogP contribution in [0.1, 0.15) is 23.8 Å². The zero-order valence-corrected chi connectivity index (χ0v) is 15.6. The third-order valence-corrected chi connectivity index (χ3v) is 5.26. The summed E-state index contributed by atoms with van der Waals surface area (Å²) >= 11 is 1.51. The number of nitrogens with zero attached hydrogens (tertiary/aromatic N) is 2. The van der Waals surface area contributed by atoms with Crippen LogP contribution in [0, 0.1) is 13.8 Å². The van der Waals surface area contributed by atoms with Crippen molar-refractivity contribution in [1.29, 1.82) is 0 Å². The number of Topliss-reactive ketones (excluding diaryl/α,β-unsaturated/α-hetero) is 1. The van der Waals surface area contributed by atoms with Crippen molar-refractivity contribution in [3.8, 4) is 16.9 Å². The van der Waals surface area contributed by atoms with Gasteiger partial charge >= 0.3 is 0 Å². The van der Waals surface area contributed by atoms with Crippen LogP contribution in [0.3, 0.4) is 0 Å². The van der Waals surface area contributed by atoms with Crippen molar-refractivity contribution in [3.63, 3.8) is 0 Å². The normalized spacial score (nSPS) is 11.0. The molecule has 0 aliphatic rings. The van der Waals surface area contributed by atoms with Gasteiger partial charge < -0.3 is 4.74 Å². The summed E-state index contributed by atoms with van der Waals surface area (Å²) in [6.07, 6.45) is 1.86. The van der Waals surface area contributed by atoms with Crippen LogP contribution in [0.15, 0.2) is 29.3 Å². The number of thiophene rings is 1. The summed E-state index contributed by atoms with van der Waals surface area (Å²) in [7, 11) is 1.64. The number of methoxy groups -OCH3 is 1. The maximum Gasteiger partial charge on any atom is 0.262 e. The van der Waals surface area contributed by atoms with Gasteiger partial charge in [0.1, 0.15) is 16.4 Å². The predicted octanol–water partition coefficient (Wildman–Crippen LogP) is 3.73. The lowest BCUT2D eigenvalue weighted by atomic mass is 10.0. The van der Waals surface area contributed by atoms with Gasteiger partial charge in [-0.25, -0.2) is 4.98 Å². The molecule has 0 saturated carbocycles. The minimum atomic E-state index is -0.0981. The van der Waals surface area contributed by atoms with Crippen molar-refractivity contribution in [1.82, 2.24) is 9.55 Å². The monoisotopic (exact) mass is 356 g/mol. The van der Waals surface area contributed by atoms with E-state index in [2.05, 4.69) is 4.98 Å². The van der Waals surface area contributed by atoms with Gasteiger partial charge in [-0.2, -0.15) is 0 Å². The summed E-state index contributed by atoms with van der Waals surface area (Å²) in [6.45, 7) is 5.86. The molecule has 25 heavy (non-hydrogen) atoms. The number of carbonyl (C=O) groups is 1. The van der Waals surface area contributed by atoms with Crippen LogP contribution in [-0.2, 0) is 11.3 Å². The smallest absolute Gasteiger partial charge is 0.262 e. The molecule has 0 atom stereocenters. The average molecular weight is 356 g/mol. The van der Waals surface area contributed by atoms with E-state index in [-0.39, 0.29) is 11.3 Å². The second-order valence-corrected chi connectivity index (χ2v) is 7.30. The van der Waals surface area contributed by atoms with E-state index in [1.807, 2.05) is 32.0 Å². The topological polar surface area (TPSA) is 61.2 Å². The Labute approximate surface area is 149 Å². The van der Waals surface area contributed by atoms with Crippen molar-refractivity contribution in [2.45, 2.75) is 33.7 Å². The molecular weight excluding hydrogens is 336 g/mol. The van der Waals surface area contributed by atoms with Gasteiger partial charge in [0, 0.05) is 23.4 Å². The second-order valence-electron chi connectivity index (χ2n) is 6.09. The molecule has 3 rings (SSSR count). The third kappa shape index (κ3) is 3.22. The Hall–Kier alpha value is -2.47. The Bertz CT molecular complexity index is 1020. The SMILES string of the molecule is COc1ccc(-c2c(C)sc3ncn(CCC(C)=O)c(=O)c23)cc1C. The van der Waals surface area contributed by atoms with Crippen molar-refractivity contribution >= 4 is 27.3 Å². The van der Waals surface area contributed by atoms with Crippen molar-refractivity contribution in [2.24, 2.45) is 0 Å². The van der Waals surface area contributed by atoms with E-state index in [1.165, 1.54) is 29.2 Å². The van der Waals surface area contributed by atoms with Crippen LogP contribution in [0.5, 0.6) is 5.75 Å². The molecule has 130 valence electrons. The lowest BCUT2D eigenvalue weighted by Crippen LogP contribution is -2.21. The molecule has 0 saturated heterocycles. The van der Waals surface area contributed by atoms with E-state index < -0.39 is 0 Å². The average Bonchev–Trinajstić information content (AvgIpc) is 2.91. The van der Waals surface area contributed by atoms with Crippen molar-refractivity contribution in [2.75, 3.05) is 7.11 Å². The predicted molar refractivity (Wildman–Crippen MR) is 101 cm³/mol. The molecule has 0 aliphatic heterocycles. The van der Waals surface area contributed by atoms with E-state index in [1.54, 1.807) is 7.11 Å². The number of aromatic nitrogens is 2. The molecule has 0 aliphatic carbocycles. The number of rotatable bonds is 5. The zero-order valence-electron chi connectivity index (χ0n) is 14.8. The fourth-order valence-corrected chi connectivity index (χ4v) is 3.96. The van der Waals surface area contributed by atoms with Crippen LogP contribution in [0.4, 0.5) is 0 Å². The highest BCUT2D eigenvalue weighted by Gasteiger charge is 2.17. The van der Waals surface area contributed by atoms with Crippen LogP contribution < -0.4 is 10.3 Å². The number of ketones is 1. The van der Waals surface area contributed by atoms with E-state index >= 15 is 0 Å². The molecule has 1 aromatic carbocycles.